The Balaban J connectivity index is 1.47. The fourth-order valence-electron chi connectivity index (χ4n) is 2.33. The quantitative estimate of drug-likeness (QED) is 0.580. The zero-order valence-electron chi connectivity index (χ0n) is 15.3. The van der Waals surface area contributed by atoms with Gasteiger partial charge in [0.25, 0.3) is 5.91 Å². The number of carbonyl (C=O) groups excluding carboxylic acids is 2. The van der Waals surface area contributed by atoms with E-state index in [0.717, 1.165) is 5.56 Å². The normalized spacial score (nSPS) is 11.6. The minimum Gasteiger partial charge on any atom is -0.481 e. The summed E-state index contributed by atoms with van der Waals surface area (Å²) in [6.07, 6.45) is -0.828. The van der Waals surface area contributed by atoms with Gasteiger partial charge >= 0.3 is 0 Å². The molecule has 1 atom stereocenters. The van der Waals surface area contributed by atoms with E-state index in [1.807, 2.05) is 0 Å². The van der Waals surface area contributed by atoms with Crippen LogP contribution in [0.1, 0.15) is 12.6 Å². The van der Waals surface area contributed by atoms with E-state index in [9.17, 15) is 14.0 Å². The van der Waals surface area contributed by atoms with Crippen molar-refractivity contribution in [1.82, 2.24) is 15.8 Å². The number of thiazole rings is 1. The molecule has 9 heteroatoms. The van der Waals surface area contributed by atoms with Crippen LogP contribution in [0.5, 0.6) is 5.75 Å². The molecular weight excluding hydrogens is 417 g/mol. The fourth-order valence-corrected chi connectivity index (χ4v) is 3.28. The third kappa shape index (κ3) is 6.00. The van der Waals surface area contributed by atoms with Crippen molar-refractivity contribution in [1.29, 1.82) is 0 Å². The second-order valence-electron chi connectivity index (χ2n) is 6.08. The molecule has 0 saturated carbocycles. The fraction of sp³-hybridized carbons (Fsp3) is 0.150. The summed E-state index contributed by atoms with van der Waals surface area (Å²) in [4.78, 5) is 28.5. The molecule has 2 N–H and O–H groups in total. The van der Waals surface area contributed by atoms with Gasteiger partial charge in [0.15, 0.2) is 6.10 Å². The number of nitrogens with one attached hydrogen (secondary N) is 2. The summed E-state index contributed by atoms with van der Waals surface area (Å²) in [6, 6.07) is 12.5. The maximum Gasteiger partial charge on any atom is 0.279 e. The van der Waals surface area contributed by atoms with Gasteiger partial charge in [-0.05, 0) is 55.5 Å². The van der Waals surface area contributed by atoms with E-state index in [0.29, 0.717) is 21.5 Å². The van der Waals surface area contributed by atoms with Gasteiger partial charge in [0.2, 0.25) is 5.91 Å². The van der Waals surface area contributed by atoms with Crippen molar-refractivity contribution in [2.24, 2.45) is 0 Å². The predicted molar refractivity (Wildman–Crippen MR) is 109 cm³/mol. The highest BCUT2D eigenvalue weighted by Crippen LogP contribution is 2.24. The van der Waals surface area contributed by atoms with Crippen molar-refractivity contribution < 1.29 is 18.7 Å². The highest BCUT2D eigenvalue weighted by Gasteiger charge is 2.16. The third-order valence-corrected chi connectivity index (χ3v) is 5.00. The van der Waals surface area contributed by atoms with Crippen LogP contribution in [0.4, 0.5) is 4.39 Å². The van der Waals surface area contributed by atoms with Gasteiger partial charge in [-0.1, -0.05) is 11.6 Å². The van der Waals surface area contributed by atoms with Crippen LogP contribution in [-0.4, -0.2) is 22.9 Å². The van der Waals surface area contributed by atoms with Gasteiger partial charge in [0.05, 0.1) is 12.1 Å². The first-order chi connectivity index (χ1) is 13.9. The first kappa shape index (κ1) is 20.8. The number of hydrazine groups is 1. The summed E-state index contributed by atoms with van der Waals surface area (Å²) in [7, 11) is 0. The molecule has 1 heterocycles. The average Bonchev–Trinajstić information content (AvgIpc) is 3.16. The largest absolute Gasteiger partial charge is 0.481 e. The lowest BCUT2D eigenvalue weighted by Gasteiger charge is -2.15. The average molecular weight is 434 g/mol. The molecule has 29 heavy (non-hydrogen) atoms. The van der Waals surface area contributed by atoms with E-state index in [1.165, 1.54) is 23.5 Å². The Labute approximate surface area is 175 Å². The monoisotopic (exact) mass is 433 g/mol. The Morgan fingerprint density at radius 1 is 1.14 bits per heavy atom. The zero-order chi connectivity index (χ0) is 20.8. The summed E-state index contributed by atoms with van der Waals surface area (Å²) in [5, 5.41) is 2.99. The molecule has 6 nitrogen and oxygen atoms in total. The maximum atomic E-state index is 13.0. The van der Waals surface area contributed by atoms with Crippen LogP contribution in [0.15, 0.2) is 53.9 Å². The van der Waals surface area contributed by atoms with Crippen LogP contribution < -0.4 is 15.6 Å². The minimum absolute atomic E-state index is 0.00953. The number of hydrogen-bond acceptors (Lipinski definition) is 5. The number of benzene rings is 2. The second kappa shape index (κ2) is 9.49. The van der Waals surface area contributed by atoms with E-state index < -0.39 is 17.9 Å². The Kier molecular flexibility index (Phi) is 6.79. The number of nitrogens with zero attached hydrogens (tertiary/aromatic N) is 1. The van der Waals surface area contributed by atoms with Crippen LogP contribution in [0, 0.1) is 5.82 Å². The summed E-state index contributed by atoms with van der Waals surface area (Å²) in [5.41, 5.74) is 5.98. The molecule has 0 aliphatic carbocycles. The summed E-state index contributed by atoms with van der Waals surface area (Å²) < 4.78 is 18.5. The second-order valence-corrected chi connectivity index (χ2v) is 7.37. The molecule has 0 aliphatic rings. The first-order valence-corrected chi connectivity index (χ1v) is 9.88. The Bertz CT molecular complexity index is 993. The number of hydrogen-bond donors (Lipinski definition) is 2. The number of amides is 2. The summed E-state index contributed by atoms with van der Waals surface area (Å²) in [5.74, 6) is -0.763. The SMILES string of the molecule is C[C@H](Oc1ccc(Cl)cc1)C(=O)NNC(=O)Cc1csc(-c2ccc(F)cc2)n1. The predicted octanol–water partition coefficient (Wildman–Crippen LogP) is 3.76. The molecule has 2 amide bonds. The lowest BCUT2D eigenvalue weighted by Crippen LogP contribution is -2.47. The Morgan fingerprint density at radius 3 is 2.52 bits per heavy atom. The molecule has 0 aliphatic heterocycles. The number of rotatable bonds is 6. The molecule has 150 valence electrons. The third-order valence-electron chi connectivity index (χ3n) is 3.81. The Hall–Kier alpha value is -2.97. The molecule has 2 aromatic carbocycles. The molecule has 0 fully saturated rings. The zero-order valence-corrected chi connectivity index (χ0v) is 16.9. The first-order valence-electron chi connectivity index (χ1n) is 8.62. The van der Waals surface area contributed by atoms with Gasteiger partial charge in [-0.2, -0.15) is 0 Å². The van der Waals surface area contributed by atoms with Crippen molar-refractivity contribution in [2.45, 2.75) is 19.4 Å². The standard InChI is InChI=1S/C20H17ClFN3O3S/c1-12(28-17-8-4-14(21)5-9-17)19(27)25-24-18(26)10-16-11-29-20(23-16)13-2-6-15(22)7-3-13/h2-9,11-12H,10H2,1H3,(H,24,26)(H,25,27)/t12-/m0/s1. The molecule has 0 bridgehead atoms. The van der Waals surface area contributed by atoms with Crippen molar-refractivity contribution in [3.05, 3.63) is 70.4 Å². The number of halogens is 2. The van der Waals surface area contributed by atoms with Gasteiger partial charge in [0, 0.05) is 16.0 Å². The van der Waals surface area contributed by atoms with Crippen LogP contribution in [-0.2, 0) is 16.0 Å². The smallest absolute Gasteiger partial charge is 0.279 e. The summed E-state index contributed by atoms with van der Waals surface area (Å²) >= 11 is 7.15. The molecule has 0 radical (unpaired) electrons. The maximum absolute atomic E-state index is 13.0. The summed E-state index contributed by atoms with van der Waals surface area (Å²) in [6.45, 7) is 1.56. The van der Waals surface area contributed by atoms with Crippen LogP contribution in [0.2, 0.25) is 5.02 Å². The number of carbonyl (C=O) groups is 2. The molecule has 0 spiro atoms. The van der Waals surface area contributed by atoms with Gasteiger partial charge in [-0.25, -0.2) is 9.37 Å². The highest BCUT2D eigenvalue weighted by atomic mass is 35.5. The van der Waals surface area contributed by atoms with E-state index in [-0.39, 0.29) is 12.2 Å². The minimum atomic E-state index is -0.819. The van der Waals surface area contributed by atoms with Crippen molar-refractivity contribution in [2.75, 3.05) is 0 Å². The van der Waals surface area contributed by atoms with Crippen molar-refractivity contribution in [3.8, 4) is 16.3 Å². The topological polar surface area (TPSA) is 80.3 Å². The number of aromatic nitrogens is 1. The molecule has 1 aromatic heterocycles. The van der Waals surface area contributed by atoms with E-state index in [2.05, 4.69) is 15.8 Å². The van der Waals surface area contributed by atoms with E-state index in [4.69, 9.17) is 16.3 Å². The van der Waals surface area contributed by atoms with Gasteiger partial charge < -0.3 is 4.74 Å². The molecule has 3 aromatic rings. The molecule has 0 saturated heterocycles. The van der Waals surface area contributed by atoms with Crippen LogP contribution >= 0.6 is 22.9 Å². The van der Waals surface area contributed by atoms with Gasteiger partial charge in [-0.3, -0.25) is 20.4 Å². The molecule has 3 rings (SSSR count). The number of ether oxygens (including phenoxy) is 1. The van der Waals surface area contributed by atoms with Crippen molar-refractivity contribution in [3.63, 3.8) is 0 Å². The van der Waals surface area contributed by atoms with Crippen molar-refractivity contribution >= 4 is 34.8 Å². The van der Waals surface area contributed by atoms with Crippen LogP contribution in [0.3, 0.4) is 0 Å². The molecule has 0 unspecified atom stereocenters. The van der Waals surface area contributed by atoms with Crippen LogP contribution in [0.25, 0.3) is 10.6 Å². The lowest BCUT2D eigenvalue weighted by molar-refractivity contribution is -0.132. The molecular formula is C20H17ClFN3O3S. The van der Waals surface area contributed by atoms with Gasteiger partial charge in [-0.15, -0.1) is 11.3 Å². The van der Waals surface area contributed by atoms with E-state index >= 15 is 0 Å². The van der Waals surface area contributed by atoms with Gasteiger partial charge in [0.1, 0.15) is 16.6 Å². The van der Waals surface area contributed by atoms with E-state index in [1.54, 1.807) is 48.7 Å². The lowest BCUT2D eigenvalue weighted by atomic mass is 10.2. The highest BCUT2D eigenvalue weighted by molar-refractivity contribution is 7.13. The Morgan fingerprint density at radius 2 is 1.83 bits per heavy atom.